The smallest absolute Gasteiger partial charge is 0.271 e. The van der Waals surface area contributed by atoms with Crippen LogP contribution >= 0.6 is 11.3 Å². The van der Waals surface area contributed by atoms with Gasteiger partial charge < -0.3 is 9.29 Å². The van der Waals surface area contributed by atoms with Gasteiger partial charge in [-0.1, -0.05) is 5.10 Å². The van der Waals surface area contributed by atoms with Crippen molar-refractivity contribution in [2.75, 3.05) is 11.1 Å². The lowest BCUT2D eigenvalue weighted by Crippen LogP contribution is -2.19. The summed E-state index contributed by atoms with van der Waals surface area (Å²) >= 11 is 0.480. The van der Waals surface area contributed by atoms with Gasteiger partial charge in [-0.05, 0) is 35.5 Å². The van der Waals surface area contributed by atoms with Crippen LogP contribution in [0.4, 0.5) is 5.95 Å². The van der Waals surface area contributed by atoms with E-state index in [0.29, 0.717) is 28.6 Å². The van der Waals surface area contributed by atoms with Gasteiger partial charge in [0.1, 0.15) is 16.4 Å². The first-order valence-electron chi connectivity index (χ1n) is 6.76. The maximum Gasteiger partial charge on any atom is 0.271 e. The van der Waals surface area contributed by atoms with Gasteiger partial charge in [0, 0.05) is 11.3 Å². The van der Waals surface area contributed by atoms with Crippen LogP contribution in [0.25, 0.3) is 0 Å². The monoisotopic (exact) mass is 341 g/mol. The number of carbonyl (C=O) groups excluding carboxylic acids is 1. The molecule has 0 bridgehead atoms. The number of ether oxygens (including phenoxy) is 1. The lowest BCUT2D eigenvalue weighted by molar-refractivity contribution is 0.102. The number of aryl methyl sites for hydroxylation is 1. The standard InChI is InChI=1S/C12H15N5O3S2/c1-6(2)20-9-7-5-22(19)4-3-8(7)21-10(9)11(18)13-12-14-16-17-15-12/h6H,3-5H2,1-2H3,(H2,13,14,15,16,17,18). The van der Waals surface area contributed by atoms with Gasteiger partial charge >= 0.3 is 0 Å². The van der Waals surface area contributed by atoms with E-state index in [-0.39, 0.29) is 18.0 Å². The number of H-pyrrole nitrogens is 1. The molecule has 8 nitrogen and oxygen atoms in total. The summed E-state index contributed by atoms with van der Waals surface area (Å²) in [5.74, 6) is 1.44. The molecule has 0 saturated carbocycles. The summed E-state index contributed by atoms with van der Waals surface area (Å²) in [6.45, 7) is 3.79. The lowest BCUT2D eigenvalue weighted by atomic mass is 10.2. The molecule has 2 N–H and O–H groups in total. The molecule has 0 fully saturated rings. The topological polar surface area (TPSA) is 116 Å². The zero-order chi connectivity index (χ0) is 15.7. The van der Waals surface area contributed by atoms with Crippen molar-refractivity contribution in [1.29, 1.82) is 0 Å². The van der Waals surface area contributed by atoms with E-state index < -0.39 is 11.2 Å². The molecule has 1 amide bonds. The van der Waals surface area contributed by atoms with Crippen LogP contribution in [0.5, 0.6) is 5.75 Å². The van der Waals surface area contributed by atoms with Crippen molar-refractivity contribution in [3.05, 3.63) is 15.3 Å². The van der Waals surface area contributed by atoms with Crippen molar-refractivity contribution >= 4 is 34.4 Å². The minimum atomic E-state index is -0.902. The number of amides is 1. The van der Waals surface area contributed by atoms with Crippen LogP contribution in [-0.4, -0.2) is 42.9 Å². The lowest BCUT2D eigenvalue weighted by Gasteiger charge is -2.18. The summed E-state index contributed by atoms with van der Waals surface area (Å²) in [5.41, 5.74) is 0.893. The van der Waals surface area contributed by atoms with Crippen LogP contribution < -0.4 is 10.1 Å². The van der Waals surface area contributed by atoms with E-state index in [1.54, 1.807) is 0 Å². The fraction of sp³-hybridized carbons (Fsp3) is 0.500. The van der Waals surface area contributed by atoms with Gasteiger partial charge in [0.25, 0.3) is 5.91 Å². The van der Waals surface area contributed by atoms with Gasteiger partial charge in [-0.3, -0.25) is 10.1 Å². The number of tetrazole rings is 1. The van der Waals surface area contributed by atoms with Crippen LogP contribution in [0.3, 0.4) is 0 Å². The summed E-state index contributed by atoms with van der Waals surface area (Å²) < 4.78 is 17.7. The number of thiophene rings is 1. The SMILES string of the molecule is CC(C)Oc1c(C(=O)Nc2nnn[nH]2)sc2c1C[S+]([O-])CC2. The quantitative estimate of drug-likeness (QED) is 0.805. The molecule has 0 saturated heterocycles. The number of aromatic amines is 1. The van der Waals surface area contributed by atoms with E-state index in [9.17, 15) is 9.35 Å². The molecule has 3 heterocycles. The number of rotatable bonds is 4. The van der Waals surface area contributed by atoms with Crippen LogP contribution in [0.1, 0.15) is 34.0 Å². The van der Waals surface area contributed by atoms with E-state index >= 15 is 0 Å². The highest BCUT2D eigenvalue weighted by Gasteiger charge is 2.31. The number of fused-ring (bicyclic) bond motifs is 1. The summed E-state index contributed by atoms with van der Waals surface area (Å²) in [7, 11) is 0. The molecule has 2 aromatic rings. The maximum atomic E-state index is 12.4. The second kappa shape index (κ2) is 6.23. The third-order valence-electron chi connectivity index (χ3n) is 3.04. The molecule has 0 aliphatic carbocycles. The first kappa shape index (κ1) is 15.3. The van der Waals surface area contributed by atoms with Crippen molar-refractivity contribution in [1.82, 2.24) is 20.6 Å². The Labute approximate surface area is 133 Å². The average Bonchev–Trinajstić information content (AvgIpc) is 3.07. The molecule has 0 radical (unpaired) electrons. The van der Waals surface area contributed by atoms with Crippen LogP contribution in [0, 0.1) is 0 Å². The Morgan fingerprint density at radius 3 is 3.05 bits per heavy atom. The minimum Gasteiger partial charge on any atom is -0.616 e. The average molecular weight is 341 g/mol. The van der Waals surface area contributed by atoms with E-state index in [1.165, 1.54) is 11.3 Å². The predicted molar refractivity (Wildman–Crippen MR) is 82.6 cm³/mol. The van der Waals surface area contributed by atoms with Gasteiger partial charge in [-0.15, -0.1) is 11.3 Å². The Morgan fingerprint density at radius 1 is 1.55 bits per heavy atom. The Bertz CT molecular complexity index is 671. The van der Waals surface area contributed by atoms with Crippen molar-refractivity contribution in [2.45, 2.75) is 32.1 Å². The zero-order valence-corrected chi connectivity index (χ0v) is 13.7. The molecular weight excluding hydrogens is 326 g/mol. The Balaban J connectivity index is 1.93. The third-order valence-corrected chi connectivity index (χ3v) is 5.58. The summed E-state index contributed by atoms with van der Waals surface area (Å²) in [6, 6.07) is 0. The number of anilines is 1. The van der Waals surface area contributed by atoms with E-state index in [4.69, 9.17) is 4.74 Å². The predicted octanol–water partition coefficient (Wildman–Crippen LogP) is 1.11. The Kier molecular flexibility index (Phi) is 4.32. The minimum absolute atomic E-state index is 0.0763. The highest BCUT2D eigenvalue weighted by molar-refractivity contribution is 7.90. The number of hydrogen-bond acceptors (Lipinski definition) is 7. The summed E-state index contributed by atoms with van der Waals surface area (Å²) in [6.07, 6.45) is 0.630. The Morgan fingerprint density at radius 2 is 2.36 bits per heavy atom. The van der Waals surface area contributed by atoms with Gasteiger partial charge in [-0.25, -0.2) is 5.10 Å². The molecule has 3 rings (SSSR count). The zero-order valence-electron chi connectivity index (χ0n) is 12.1. The molecular formula is C12H15N5O3S2. The van der Waals surface area contributed by atoms with Crippen LogP contribution in [-0.2, 0) is 23.3 Å². The van der Waals surface area contributed by atoms with E-state index in [2.05, 4.69) is 25.9 Å². The van der Waals surface area contributed by atoms with Crippen molar-refractivity contribution in [3.63, 3.8) is 0 Å². The van der Waals surface area contributed by atoms with Gasteiger partial charge in [-0.2, -0.15) is 0 Å². The largest absolute Gasteiger partial charge is 0.616 e. The van der Waals surface area contributed by atoms with Gasteiger partial charge in [0.2, 0.25) is 5.95 Å². The van der Waals surface area contributed by atoms with E-state index in [0.717, 1.165) is 10.4 Å². The van der Waals surface area contributed by atoms with Crippen molar-refractivity contribution < 1.29 is 14.1 Å². The molecule has 10 heteroatoms. The molecule has 22 heavy (non-hydrogen) atoms. The third kappa shape index (κ3) is 3.08. The first-order chi connectivity index (χ1) is 10.5. The molecule has 1 aliphatic rings. The molecule has 1 atom stereocenters. The first-order valence-corrected chi connectivity index (χ1v) is 9.06. The second-order valence-corrected chi connectivity index (χ2v) is 7.75. The normalized spacial score (nSPS) is 17.4. The van der Waals surface area contributed by atoms with E-state index in [1.807, 2.05) is 13.8 Å². The summed E-state index contributed by atoms with van der Waals surface area (Å²) in [4.78, 5) is 14.0. The number of nitrogens with zero attached hydrogens (tertiary/aromatic N) is 3. The molecule has 2 aromatic heterocycles. The number of nitrogens with one attached hydrogen (secondary N) is 2. The second-order valence-electron chi connectivity index (χ2n) is 5.07. The highest BCUT2D eigenvalue weighted by atomic mass is 32.2. The van der Waals surface area contributed by atoms with Crippen molar-refractivity contribution in [2.24, 2.45) is 0 Å². The van der Waals surface area contributed by atoms with Gasteiger partial charge in [0.05, 0.1) is 11.7 Å². The Hall–Kier alpha value is -1.65. The summed E-state index contributed by atoms with van der Waals surface area (Å²) in [5, 5.41) is 15.5. The van der Waals surface area contributed by atoms with Crippen LogP contribution in [0.2, 0.25) is 0 Å². The number of carbonyl (C=O) groups is 1. The fourth-order valence-electron chi connectivity index (χ4n) is 2.17. The number of hydrogen-bond donors (Lipinski definition) is 2. The van der Waals surface area contributed by atoms with Crippen LogP contribution in [0.15, 0.2) is 0 Å². The fourth-order valence-corrected chi connectivity index (χ4v) is 4.74. The van der Waals surface area contributed by atoms with Crippen molar-refractivity contribution in [3.8, 4) is 5.75 Å². The molecule has 0 aromatic carbocycles. The molecule has 118 valence electrons. The maximum absolute atomic E-state index is 12.4. The molecule has 1 unspecified atom stereocenters. The van der Waals surface area contributed by atoms with Gasteiger partial charge in [0.15, 0.2) is 5.75 Å². The highest BCUT2D eigenvalue weighted by Crippen LogP contribution is 2.40. The molecule has 0 spiro atoms. The molecule has 1 aliphatic heterocycles. The number of aromatic nitrogens is 4.